The number of aliphatic hydroxyl groups is 1. The molecule has 0 saturated carbocycles. The first-order chi connectivity index (χ1) is 22.0. The molecule has 0 fully saturated rings. The lowest BCUT2D eigenvalue weighted by Gasteiger charge is -2.31. The van der Waals surface area contributed by atoms with Crippen LogP contribution in [0.3, 0.4) is 0 Å². The van der Waals surface area contributed by atoms with E-state index < -0.39 is 29.1 Å². The number of carbonyl (C=O) groups excluding carboxylic acids is 2. The van der Waals surface area contributed by atoms with Crippen molar-refractivity contribution in [3.63, 3.8) is 0 Å². The molecule has 3 aromatic carbocycles. The molecule has 1 amide bonds. The average Bonchev–Trinajstić information content (AvgIpc) is 3.42. The minimum absolute atomic E-state index is 0.0224. The second-order valence-corrected chi connectivity index (χ2v) is 12.2. The van der Waals surface area contributed by atoms with E-state index in [1.54, 1.807) is 81.4 Å². The zero-order chi connectivity index (χ0) is 33.2. The van der Waals surface area contributed by atoms with Gasteiger partial charge in [-0.2, -0.15) is 0 Å². The average molecular weight is 648 g/mol. The maximum atomic E-state index is 14.3. The van der Waals surface area contributed by atoms with E-state index in [1.165, 1.54) is 0 Å². The lowest BCUT2D eigenvalue weighted by molar-refractivity contribution is -0.155. The molecule has 0 unspecified atom stereocenters. The monoisotopic (exact) mass is 647 g/mol. The summed E-state index contributed by atoms with van der Waals surface area (Å²) >= 11 is 6.03. The number of aliphatic hydroxyl groups excluding tert-OH is 1. The van der Waals surface area contributed by atoms with Crippen LogP contribution in [0.15, 0.2) is 82.9 Å². The SMILES string of the molecule is CC(C)(C)OC(=O)CC[C@@]1(C(=O)NCCc2ccc(Cl)cc2)N=C(c2ccc(OCCCO)cc2)O[C@@H]1c1ccccc1N=[N+]=[N-]. The topological polar surface area (TPSA) is 155 Å². The first kappa shape index (κ1) is 34.3. The normalized spacial score (nSPS) is 17.3. The zero-order valence-corrected chi connectivity index (χ0v) is 26.9. The third kappa shape index (κ3) is 9.00. The Morgan fingerprint density at radius 2 is 1.83 bits per heavy atom. The Hall–Kier alpha value is -4.57. The highest BCUT2D eigenvalue weighted by Gasteiger charge is 2.53. The van der Waals surface area contributed by atoms with Crippen LogP contribution in [-0.4, -0.2) is 53.8 Å². The maximum Gasteiger partial charge on any atom is 0.306 e. The number of benzene rings is 3. The fourth-order valence-electron chi connectivity index (χ4n) is 5.01. The predicted molar refractivity (Wildman–Crippen MR) is 175 cm³/mol. The Kier molecular flexibility index (Phi) is 11.7. The van der Waals surface area contributed by atoms with Gasteiger partial charge in [0, 0.05) is 52.7 Å². The standard InChI is InChI=1S/C34H38ClN5O6/c1-33(2,3)46-29(42)17-19-34(32(43)37-20-18-23-9-13-25(35)14-10-23)30(27-7-4-5-8-28(27)39-40-36)45-31(38-34)24-11-15-26(16-12-24)44-22-6-21-41/h4-5,7-16,30,41H,6,17-22H2,1-3H3,(H,37,43)/t30-,34-/m1/s1. The van der Waals surface area contributed by atoms with Gasteiger partial charge in [0.05, 0.1) is 6.61 Å². The van der Waals surface area contributed by atoms with Gasteiger partial charge >= 0.3 is 5.97 Å². The fourth-order valence-corrected chi connectivity index (χ4v) is 5.13. The van der Waals surface area contributed by atoms with E-state index in [0.29, 0.717) is 41.3 Å². The minimum Gasteiger partial charge on any atom is -0.494 e. The van der Waals surface area contributed by atoms with Crippen LogP contribution in [0.2, 0.25) is 5.02 Å². The van der Waals surface area contributed by atoms with Crippen molar-refractivity contribution >= 4 is 35.1 Å². The Morgan fingerprint density at radius 3 is 2.50 bits per heavy atom. The number of ether oxygens (including phenoxy) is 3. The molecule has 1 aliphatic rings. The van der Waals surface area contributed by atoms with Crippen LogP contribution < -0.4 is 10.1 Å². The van der Waals surface area contributed by atoms with Gasteiger partial charge in [-0.05, 0) is 81.1 Å². The summed E-state index contributed by atoms with van der Waals surface area (Å²) in [5.74, 6) is -0.169. The highest BCUT2D eigenvalue weighted by molar-refractivity contribution is 6.30. The van der Waals surface area contributed by atoms with Crippen molar-refractivity contribution in [2.45, 2.75) is 63.7 Å². The fraction of sp³-hybridized carbons (Fsp3) is 0.382. The highest BCUT2D eigenvalue weighted by atomic mass is 35.5. The van der Waals surface area contributed by atoms with Gasteiger partial charge in [-0.25, -0.2) is 4.99 Å². The largest absolute Gasteiger partial charge is 0.494 e. The Bertz CT molecular complexity index is 1580. The summed E-state index contributed by atoms with van der Waals surface area (Å²) in [6.45, 7) is 5.98. The van der Waals surface area contributed by atoms with Gasteiger partial charge in [0.2, 0.25) is 5.90 Å². The van der Waals surface area contributed by atoms with E-state index >= 15 is 0 Å². The lowest BCUT2D eigenvalue weighted by atomic mass is 9.82. The first-order valence-corrected chi connectivity index (χ1v) is 15.4. The molecule has 12 heteroatoms. The summed E-state index contributed by atoms with van der Waals surface area (Å²) in [4.78, 5) is 35.2. The van der Waals surface area contributed by atoms with Crippen molar-refractivity contribution in [2.24, 2.45) is 10.1 Å². The highest BCUT2D eigenvalue weighted by Crippen LogP contribution is 2.46. The molecule has 0 aliphatic carbocycles. The van der Waals surface area contributed by atoms with Crippen molar-refractivity contribution in [2.75, 3.05) is 19.8 Å². The number of amides is 1. The molecule has 0 spiro atoms. The van der Waals surface area contributed by atoms with Gasteiger partial charge < -0.3 is 24.6 Å². The number of halogens is 1. The number of aliphatic imine (C=N–C) groups is 1. The number of hydrogen-bond donors (Lipinski definition) is 2. The van der Waals surface area contributed by atoms with E-state index in [4.69, 9.17) is 35.9 Å². The van der Waals surface area contributed by atoms with Crippen LogP contribution in [-0.2, 0) is 25.5 Å². The van der Waals surface area contributed by atoms with E-state index in [-0.39, 0.29) is 37.6 Å². The summed E-state index contributed by atoms with van der Waals surface area (Å²) in [7, 11) is 0. The van der Waals surface area contributed by atoms with Crippen LogP contribution in [0.25, 0.3) is 10.4 Å². The van der Waals surface area contributed by atoms with Gasteiger partial charge in [0.15, 0.2) is 11.6 Å². The predicted octanol–water partition coefficient (Wildman–Crippen LogP) is 6.78. The number of azide groups is 1. The van der Waals surface area contributed by atoms with E-state index in [2.05, 4.69) is 15.3 Å². The molecule has 2 atom stereocenters. The van der Waals surface area contributed by atoms with Crippen molar-refractivity contribution in [3.8, 4) is 5.75 Å². The third-order valence-electron chi connectivity index (χ3n) is 7.14. The van der Waals surface area contributed by atoms with Gasteiger partial charge in [-0.15, -0.1) is 0 Å². The molecule has 4 rings (SSSR count). The molecule has 242 valence electrons. The number of carbonyl (C=O) groups is 2. The molecular weight excluding hydrogens is 610 g/mol. The summed E-state index contributed by atoms with van der Waals surface area (Å²) in [6, 6.07) is 21.2. The molecule has 2 N–H and O–H groups in total. The molecule has 3 aromatic rings. The van der Waals surface area contributed by atoms with Crippen LogP contribution >= 0.6 is 11.6 Å². The van der Waals surface area contributed by atoms with Crippen LogP contribution in [0.4, 0.5) is 5.69 Å². The van der Waals surface area contributed by atoms with Gasteiger partial charge in [0.1, 0.15) is 11.4 Å². The van der Waals surface area contributed by atoms with Gasteiger partial charge in [0.25, 0.3) is 5.91 Å². The Labute approximate surface area is 273 Å². The van der Waals surface area contributed by atoms with E-state index in [9.17, 15) is 15.1 Å². The second kappa shape index (κ2) is 15.6. The molecule has 0 bridgehead atoms. The van der Waals surface area contributed by atoms with Gasteiger partial charge in [-0.3, -0.25) is 9.59 Å². The van der Waals surface area contributed by atoms with Crippen LogP contribution in [0, 0.1) is 0 Å². The quantitative estimate of drug-likeness (QED) is 0.0646. The van der Waals surface area contributed by atoms with Crippen LogP contribution in [0.1, 0.15) is 62.8 Å². The molecule has 0 aromatic heterocycles. The summed E-state index contributed by atoms with van der Waals surface area (Å²) in [5.41, 5.74) is 9.23. The van der Waals surface area contributed by atoms with Crippen molar-refractivity contribution in [1.82, 2.24) is 5.32 Å². The number of nitrogens with one attached hydrogen (secondary N) is 1. The number of hydrogen-bond acceptors (Lipinski definition) is 8. The molecule has 0 radical (unpaired) electrons. The second-order valence-electron chi connectivity index (χ2n) is 11.8. The summed E-state index contributed by atoms with van der Waals surface area (Å²) < 4.78 is 17.7. The lowest BCUT2D eigenvalue weighted by Crippen LogP contribution is -2.49. The number of nitrogens with zero attached hydrogens (tertiary/aromatic N) is 4. The summed E-state index contributed by atoms with van der Waals surface area (Å²) in [6.07, 6.45) is -0.185. The Balaban J connectivity index is 1.73. The number of rotatable bonds is 14. The van der Waals surface area contributed by atoms with Crippen LogP contribution in [0.5, 0.6) is 5.75 Å². The minimum atomic E-state index is -1.62. The maximum absolute atomic E-state index is 14.3. The molecular formula is C34H38ClN5O6. The van der Waals surface area contributed by atoms with Gasteiger partial charge in [-0.1, -0.05) is 53.1 Å². The smallest absolute Gasteiger partial charge is 0.306 e. The van der Waals surface area contributed by atoms with E-state index in [0.717, 1.165) is 5.56 Å². The third-order valence-corrected chi connectivity index (χ3v) is 7.40. The molecule has 11 nitrogen and oxygen atoms in total. The summed E-state index contributed by atoms with van der Waals surface area (Å²) in [5, 5.41) is 16.5. The van der Waals surface area contributed by atoms with Crippen molar-refractivity contribution < 1.29 is 28.9 Å². The number of esters is 1. The van der Waals surface area contributed by atoms with E-state index in [1.807, 2.05) is 12.1 Å². The first-order valence-electron chi connectivity index (χ1n) is 15.0. The van der Waals surface area contributed by atoms with Crippen molar-refractivity contribution in [3.05, 3.63) is 105 Å². The molecule has 1 heterocycles. The molecule has 1 aliphatic heterocycles. The Morgan fingerprint density at radius 1 is 1.11 bits per heavy atom. The zero-order valence-electron chi connectivity index (χ0n) is 26.1. The van der Waals surface area contributed by atoms with Crippen molar-refractivity contribution in [1.29, 1.82) is 0 Å². The molecule has 0 saturated heterocycles. The molecule has 46 heavy (non-hydrogen) atoms.